The molecule has 2 aromatic carbocycles. The van der Waals surface area contributed by atoms with Crippen LogP contribution in [0.1, 0.15) is 14.0 Å². The first-order valence-corrected chi connectivity index (χ1v) is 4.77. The molecule has 0 amide bonds. The molecule has 1 nitrogen and oxygen atoms in total. The van der Waals surface area contributed by atoms with Gasteiger partial charge in [0.2, 0.25) is 0 Å². The first-order valence-electron chi connectivity index (χ1n) is 4.77. The van der Waals surface area contributed by atoms with Gasteiger partial charge in [-0.3, -0.25) is 0 Å². The number of rotatable bonds is 0. The SMILES string of the molecule is [H-].[H-].[K+].[Na+].c1ccc2c(c1)Cc1ccccc1O2. The predicted octanol–water partition coefficient (Wildman–Crippen LogP) is -2.38. The predicted molar refractivity (Wildman–Crippen MR) is 58.0 cm³/mol. The van der Waals surface area contributed by atoms with E-state index < -0.39 is 0 Å². The summed E-state index contributed by atoms with van der Waals surface area (Å²) in [6.07, 6.45) is 0.979. The molecule has 72 valence electrons. The summed E-state index contributed by atoms with van der Waals surface area (Å²) < 4.78 is 5.78. The number of benzene rings is 2. The van der Waals surface area contributed by atoms with Gasteiger partial charge in [0.05, 0.1) is 0 Å². The van der Waals surface area contributed by atoms with Crippen LogP contribution >= 0.6 is 0 Å². The zero-order valence-electron chi connectivity index (χ0n) is 11.7. The summed E-state index contributed by atoms with van der Waals surface area (Å²) in [5.41, 5.74) is 2.54. The summed E-state index contributed by atoms with van der Waals surface area (Å²) in [7, 11) is 0. The first-order chi connectivity index (χ1) is 6.93. The molecule has 0 saturated heterocycles. The summed E-state index contributed by atoms with van der Waals surface area (Å²) in [5.74, 6) is 1.98. The third-order valence-corrected chi connectivity index (χ3v) is 2.55. The minimum absolute atomic E-state index is 0. The number of hydrogen-bond donors (Lipinski definition) is 0. The number of ether oxygens (including phenoxy) is 1. The molecular weight excluding hydrogens is 234 g/mol. The van der Waals surface area contributed by atoms with Gasteiger partial charge in [0.25, 0.3) is 0 Å². The molecule has 0 N–H and O–H groups in total. The van der Waals surface area contributed by atoms with Crippen molar-refractivity contribution in [1.29, 1.82) is 0 Å². The van der Waals surface area contributed by atoms with Gasteiger partial charge in [0.1, 0.15) is 11.5 Å². The van der Waals surface area contributed by atoms with E-state index in [1.54, 1.807) is 0 Å². The van der Waals surface area contributed by atoms with Crippen molar-refractivity contribution in [3.63, 3.8) is 0 Å². The van der Waals surface area contributed by atoms with E-state index in [-0.39, 0.29) is 83.8 Å². The smallest absolute Gasteiger partial charge is 1.00 e. The molecule has 16 heavy (non-hydrogen) atoms. The fourth-order valence-corrected chi connectivity index (χ4v) is 1.82. The van der Waals surface area contributed by atoms with E-state index in [0.717, 1.165) is 17.9 Å². The molecule has 3 rings (SSSR count). The maximum atomic E-state index is 5.78. The van der Waals surface area contributed by atoms with Crippen molar-refractivity contribution in [3.05, 3.63) is 59.7 Å². The fourth-order valence-electron chi connectivity index (χ4n) is 1.82. The zero-order valence-corrected chi connectivity index (χ0v) is 14.9. The number of hydrogen-bond acceptors (Lipinski definition) is 1. The van der Waals surface area contributed by atoms with Crippen molar-refractivity contribution >= 4 is 0 Å². The molecule has 1 aliphatic rings. The molecule has 3 heteroatoms. The van der Waals surface area contributed by atoms with E-state index in [1.807, 2.05) is 24.3 Å². The van der Waals surface area contributed by atoms with E-state index in [1.165, 1.54) is 11.1 Å². The van der Waals surface area contributed by atoms with Crippen LogP contribution in [0.2, 0.25) is 0 Å². The summed E-state index contributed by atoms with van der Waals surface area (Å²) in [6, 6.07) is 16.4. The van der Waals surface area contributed by atoms with Crippen molar-refractivity contribution in [1.82, 2.24) is 0 Å². The summed E-state index contributed by atoms with van der Waals surface area (Å²) in [4.78, 5) is 0. The second-order valence-corrected chi connectivity index (χ2v) is 3.49. The van der Waals surface area contributed by atoms with Crippen molar-refractivity contribution in [2.24, 2.45) is 0 Å². The summed E-state index contributed by atoms with van der Waals surface area (Å²) in [6.45, 7) is 0. The Morgan fingerprint density at radius 1 is 0.812 bits per heavy atom. The minimum atomic E-state index is 0. The Hall–Kier alpha value is 0.876. The van der Waals surface area contributed by atoms with Gasteiger partial charge < -0.3 is 7.59 Å². The van der Waals surface area contributed by atoms with Gasteiger partial charge in [-0.1, -0.05) is 36.4 Å². The molecule has 0 aromatic heterocycles. The Morgan fingerprint density at radius 3 is 1.75 bits per heavy atom. The Bertz CT molecular complexity index is 406. The normalized spacial score (nSPS) is 11.0. The van der Waals surface area contributed by atoms with Crippen LogP contribution in [-0.4, -0.2) is 0 Å². The van der Waals surface area contributed by atoms with Crippen LogP contribution in [0.5, 0.6) is 11.5 Å². The number of fused-ring (bicyclic) bond motifs is 2. The van der Waals surface area contributed by atoms with Crippen LogP contribution < -0.4 is 85.7 Å². The second-order valence-electron chi connectivity index (χ2n) is 3.49. The largest absolute Gasteiger partial charge is 1.00 e. The fraction of sp³-hybridized carbons (Fsp3) is 0.0769. The van der Waals surface area contributed by atoms with Gasteiger partial charge in [-0.2, -0.15) is 0 Å². The molecular formula is C13H12KNaO. The Balaban J connectivity index is 0. The Labute approximate surface area is 163 Å². The van der Waals surface area contributed by atoms with E-state index in [9.17, 15) is 0 Å². The summed E-state index contributed by atoms with van der Waals surface area (Å²) >= 11 is 0. The van der Waals surface area contributed by atoms with Crippen LogP contribution in [0.3, 0.4) is 0 Å². The second kappa shape index (κ2) is 6.71. The average Bonchev–Trinajstić information content (AvgIpc) is 2.26. The molecule has 0 radical (unpaired) electrons. The molecule has 0 unspecified atom stereocenters. The molecule has 0 saturated carbocycles. The van der Waals surface area contributed by atoms with Gasteiger partial charge in [0, 0.05) is 6.42 Å². The monoisotopic (exact) mass is 246 g/mol. The van der Waals surface area contributed by atoms with Crippen molar-refractivity contribution in [3.8, 4) is 11.5 Å². The van der Waals surface area contributed by atoms with Crippen LogP contribution in [0.25, 0.3) is 0 Å². The zero-order chi connectivity index (χ0) is 9.38. The van der Waals surface area contributed by atoms with Crippen molar-refractivity contribution in [2.45, 2.75) is 6.42 Å². The van der Waals surface area contributed by atoms with Crippen LogP contribution in [-0.2, 0) is 6.42 Å². The van der Waals surface area contributed by atoms with Gasteiger partial charge in [-0.05, 0) is 23.3 Å². The average molecular weight is 246 g/mol. The molecule has 0 atom stereocenters. The molecule has 0 bridgehead atoms. The minimum Gasteiger partial charge on any atom is -1.00 e. The topological polar surface area (TPSA) is 9.23 Å². The van der Waals surface area contributed by atoms with Crippen LogP contribution in [0.4, 0.5) is 0 Å². The molecule has 0 spiro atoms. The maximum absolute atomic E-state index is 5.78. The molecule has 1 aliphatic heterocycles. The van der Waals surface area contributed by atoms with E-state index in [4.69, 9.17) is 4.74 Å². The van der Waals surface area contributed by atoms with Crippen LogP contribution in [0, 0.1) is 0 Å². The van der Waals surface area contributed by atoms with E-state index in [0.29, 0.717) is 0 Å². The van der Waals surface area contributed by atoms with Crippen molar-refractivity contribution < 1.29 is 88.5 Å². The molecule has 2 aromatic rings. The summed E-state index contributed by atoms with van der Waals surface area (Å²) in [5, 5.41) is 0. The standard InChI is InChI=1S/C13H10O.K.Na.2H/c1-3-7-12-10(5-1)9-11-6-2-4-8-13(11)14-12;;;;/h1-8H,9H2;;;;/q;2*+1;2*-1. The molecule has 0 aliphatic carbocycles. The van der Waals surface area contributed by atoms with E-state index in [2.05, 4.69) is 24.3 Å². The molecule has 0 fully saturated rings. The van der Waals surface area contributed by atoms with Gasteiger partial charge in [-0.15, -0.1) is 0 Å². The van der Waals surface area contributed by atoms with E-state index >= 15 is 0 Å². The Morgan fingerprint density at radius 2 is 1.25 bits per heavy atom. The Kier molecular flexibility index (Phi) is 6.27. The van der Waals surface area contributed by atoms with Crippen LogP contribution in [0.15, 0.2) is 48.5 Å². The van der Waals surface area contributed by atoms with Crippen molar-refractivity contribution in [2.75, 3.05) is 0 Å². The van der Waals surface area contributed by atoms with Gasteiger partial charge in [-0.25, -0.2) is 0 Å². The van der Waals surface area contributed by atoms with Gasteiger partial charge in [0.15, 0.2) is 0 Å². The maximum Gasteiger partial charge on any atom is 1.00 e. The first kappa shape index (κ1) is 14.9. The third kappa shape index (κ3) is 3.00. The number of para-hydroxylation sites is 2. The quantitative estimate of drug-likeness (QED) is 0.403. The van der Waals surface area contributed by atoms with Gasteiger partial charge >= 0.3 is 80.9 Å². The third-order valence-electron chi connectivity index (χ3n) is 2.55. The molecule has 1 heterocycles.